The van der Waals surface area contributed by atoms with Crippen molar-refractivity contribution in [2.24, 2.45) is 0 Å². The number of para-hydroxylation sites is 2. The zero-order valence-corrected chi connectivity index (χ0v) is 19.5. The number of ether oxygens (including phenoxy) is 1. The summed E-state index contributed by atoms with van der Waals surface area (Å²) in [6.45, 7) is 2.14. The van der Waals surface area contributed by atoms with Gasteiger partial charge in [-0.2, -0.15) is 5.26 Å². The number of nitrogens with zero attached hydrogens (tertiary/aromatic N) is 3. The molecule has 0 saturated carbocycles. The van der Waals surface area contributed by atoms with Crippen LogP contribution in [0.25, 0.3) is 10.9 Å². The maximum Gasteiger partial charge on any atom is 0.147 e. The van der Waals surface area contributed by atoms with Gasteiger partial charge >= 0.3 is 0 Å². The molecule has 0 spiro atoms. The molecule has 1 aliphatic heterocycles. The van der Waals surface area contributed by atoms with Crippen LogP contribution in [0.5, 0.6) is 5.75 Å². The molecule has 1 aromatic heterocycles. The van der Waals surface area contributed by atoms with E-state index in [9.17, 15) is 5.26 Å². The molecule has 34 heavy (non-hydrogen) atoms. The van der Waals surface area contributed by atoms with E-state index in [4.69, 9.17) is 21.3 Å². The number of rotatable bonds is 6. The zero-order valence-electron chi connectivity index (χ0n) is 18.7. The van der Waals surface area contributed by atoms with Gasteiger partial charge in [-0.15, -0.1) is 0 Å². The molecule has 1 N–H and O–H groups in total. The van der Waals surface area contributed by atoms with E-state index in [1.54, 1.807) is 0 Å². The first-order chi connectivity index (χ1) is 16.7. The minimum Gasteiger partial charge on any atom is -0.489 e. The van der Waals surface area contributed by atoms with Crippen molar-refractivity contribution in [3.63, 3.8) is 0 Å². The topological polar surface area (TPSA) is 61.2 Å². The van der Waals surface area contributed by atoms with Crippen LogP contribution in [0.3, 0.4) is 0 Å². The van der Waals surface area contributed by atoms with E-state index in [2.05, 4.69) is 16.3 Å². The number of hydrogen-bond donors (Lipinski definition) is 1. The molecular weight excluding hydrogens is 444 g/mol. The monoisotopic (exact) mass is 468 g/mol. The molecule has 2 heterocycles. The van der Waals surface area contributed by atoms with Crippen molar-refractivity contribution in [1.82, 2.24) is 4.98 Å². The Hall–Kier alpha value is -3.75. The highest BCUT2D eigenvalue weighted by Gasteiger charge is 2.26. The van der Waals surface area contributed by atoms with Crippen LogP contribution in [0.15, 0.2) is 78.9 Å². The van der Waals surface area contributed by atoms with Crippen LogP contribution in [-0.4, -0.2) is 24.2 Å². The number of benzene rings is 3. The maximum absolute atomic E-state index is 10.2. The van der Waals surface area contributed by atoms with Gasteiger partial charge in [-0.3, -0.25) is 0 Å². The summed E-state index contributed by atoms with van der Waals surface area (Å²) in [5.74, 6) is 1.47. The molecule has 5 rings (SSSR count). The average molecular weight is 469 g/mol. The Kier molecular flexibility index (Phi) is 6.51. The van der Waals surface area contributed by atoms with Crippen LogP contribution in [0.4, 0.5) is 11.5 Å². The average Bonchev–Trinajstić information content (AvgIpc) is 2.88. The van der Waals surface area contributed by atoms with E-state index in [1.807, 2.05) is 78.9 Å². The van der Waals surface area contributed by atoms with Crippen molar-refractivity contribution in [3.8, 4) is 11.8 Å². The van der Waals surface area contributed by atoms with Gasteiger partial charge in [-0.1, -0.05) is 60.1 Å². The third kappa shape index (κ3) is 4.78. The molecule has 0 bridgehead atoms. The first-order valence-electron chi connectivity index (χ1n) is 11.5. The summed E-state index contributed by atoms with van der Waals surface area (Å²) >= 11 is 6.02. The zero-order chi connectivity index (χ0) is 23.3. The molecule has 1 saturated heterocycles. The van der Waals surface area contributed by atoms with Gasteiger partial charge in [0.15, 0.2) is 0 Å². The Bertz CT molecular complexity index is 1320. The Morgan fingerprint density at radius 1 is 1.03 bits per heavy atom. The Labute approximate surface area is 204 Å². The second kappa shape index (κ2) is 10.0. The van der Waals surface area contributed by atoms with Crippen LogP contribution in [-0.2, 0) is 6.54 Å². The Morgan fingerprint density at radius 3 is 2.59 bits per heavy atom. The number of anilines is 2. The van der Waals surface area contributed by atoms with Crippen LogP contribution >= 0.6 is 11.6 Å². The van der Waals surface area contributed by atoms with E-state index < -0.39 is 0 Å². The SMILES string of the molecule is N#Cc1c(NCc2ccc(Cl)cc2)nc2ccccc2c1N1CCCC(Oc2ccccc2)C1. The largest absolute Gasteiger partial charge is 0.489 e. The Morgan fingerprint density at radius 2 is 1.79 bits per heavy atom. The van der Waals surface area contributed by atoms with E-state index in [1.165, 1.54) is 0 Å². The molecule has 3 aromatic carbocycles. The highest BCUT2D eigenvalue weighted by molar-refractivity contribution is 6.30. The smallest absolute Gasteiger partial charge is 0.147 e. The number of fused-ring (bicyclic) bond motifs is 1. The van der Waals surface area contributed by atoms with Crippen molar-refractivity contribution < 1.29 is 4.74 Å². The summed E-state index contributed by atoms with van der Waals surface area (Å²) in [5.41, 5.74) is 3.42. The highest BCUT2D eigenvalue weighted by Crippen LogP contribution is 2.36. The third-order valence-electron chi connectivity index (χ3n) is 6.09. The number of aromatic nitrogens is 1. The molecule has 0 amide bonds. The first kappa shape index (κ1) is 22.1. The summed E-state index contributed by atoms with van der Waals surface area (Å²) in [5, 5.41) is 15.3. The summed E-state index contributed by atoms with van der Waals surface area (Å²) in [7, 11) is 0. The molecular formula is C28H25ClN4O. The number of hydrogen-bond acceptors (Lipinski definition) is 5. The van der Waals surface area contributed by atoms with Gasteiger partial charge in [0.05, 0.1) is 17.7 Å². The fourth-order valence-electron chi connectivity index (χ4n) is 4.47. The van der Waals surface area contributed by atoms with Gasteiger partial charge in [-0.05, 0) is 48.7 Å². The second-order valence-electron chi connectivity index (χ2n) is 8.43. The molecule has 0 aliphatic carbocycles. The van der Waals surface area contributed by atoms with Gasteiger partial charge in [0, 0.05) is 23.5 Å². The van der Waals surface area contributed by atoms with Crippen LogP contribution in [0.1, 0.15) is 24.0 Å². The van der Waals surface area contributed by atoms with E-state index in [-0.39, 0.29) is 6.10 Å². The van der Waals surface area contributed by atoms with E-state index >= 15 is 0 Å². The standard InChI is InChI=1S/C28H25ClN4O/c29-21-14-12-20(13-15-21)18-31-28-25(17-30)27(24-10-4-5-11-26(24)32-28)33-16-6-9-23(19-33)34-22-7-2-1-3-8-22/h1-5,7-8,10-15,23H,6,9,16,18-19H2,(H,31,32). The molecule has 1 atom stereocenters. The fourth-order valence-corrected chi connectivity index (χ4v) is 4.60. The normalized spacial score (nSPS) is 15.6. The molecule has 4 aromatic rings. The predicted octanol–water partition coefficient (Wildman–Crippen LogP) is 6.42. The number of nitrogens with one attached hydrogen (secondary N) is 1. The minimum absolute atomic E-state index is 0.0556. The van der Waals surface area contributed by atoms with Gasteiger partial charge in [0.2, 0.25) is 0 Å². The van der Waals surface area contributed by atoms with Crippen molar-refractivity contribution in [2.75, 3.05) is 23.3 Å². The number of nitriles is 1. The van der Waals surface area contributed by atoms with Crippen LogP contribution in [0, 0.1) is 11.3 Å². The van der Waals surface area contributed by atoms with E-state index in [0.29, 0.717) is 29.5 Å². The number of piperidine rings is 1. The second-order valence-corrected chi connectivity index (χ2v) is 8.87. The molecule has 0 radical (unpaired) electrons. The fraction of sp³-hybridized carbons (Fsp3) is 0.214. The predicted molar refractivity (Wildman–Crippen MR) is 138 cm³/mol. The maximum atomic E-state index is 10.2. The van der Waals surface area contributed by atoms with Gasteiger partial charge < -0.3 is 15.0 Å². The number of pyridine rings is 1. The van der Waals surface area contributed by atoms with Gasteiger partial charge in [0.25, 0.3) is 0 Å². The summed E-state index contributed by atoms with van der Waals surface area (Å²) < 4.78 is 6.27. The van der Waals surface area contributed by atoms with Crippen molar-refractivity contribution in [3.05, 3.63) is 95.0 Å². The molecule has 5 nitrogen and oxygen atoms in total. The Balaban J connectivity index is 1.47. The summed E-state index contributed by atoms with van der Waals surface area (Å²) in [6, 6.07) is 28.1. The molecule has 1 aliphatic rings. The molecule has 170 valence electrons. The van der Waals surface area contributed by atoms with Crippen LogP contribution in [0.2, 0.25) is 5.02 Å². The van der Waals surface area contributed by atoms with Gasteiger partial charge in [-0.25, -0.2) is 4.98 Å². The molecule has 1 unspecified atom stereocenters. The lowest BCUT2D eigenvalue weighted by atomic mass is 10.0. The van der Waals surface area contributed by atoms with Crippen molar-refractivity contribution >= 4 is 34.0 Å². The minimum atomic E-state index is 0.0556. The highest BCUT2D eigenvalue weighted by atomic mass is 35.5. The molecule has 1 fully saturated rings. The third-order valence-corrected chi connectivity index (χ3v) is 6.34. The lowest BCUT2D eigenvalue weighted by molar-refractivity contribution is 0.179. The van der Waals surface area contributed by atoms with Gasteiger partial charge in [0.1, 0.15) is 29.3 Å². The lowest BCUT2D eigenvalue weighted by Crippen LogP contribution is -2.41. The summed E-state index contributed by atoms with van der Waals surface area (Å²) in [4.78, 5) is 7.09. The first-order valence-corrected chi connectivity index (χ1v) is 11.9. The summed E-state index contributed by atoms with van der Waals surface area (Å²) in [6.07, 6.45) is 2.03. The van der Waals surface area contributed by atoms with E-state index in [0.717, 1.165) is 47.3 Å². The van der Waals surface area contributed by atoms with Crippen molar-refractivity contribution in [1.29, 1.82) is 5.26 Å². The van der Waals surface area contributed by atoms with Crippen molar-refractivity contribution in [2.45, 2.75) is 25.5 Å². The lowest BCUT2D eigenvalue weighted by Gasteiger charge is -2.35. The quantitative estimate of drug-likeness (QED) is 0.353. The number of halogens is 1. The molecule has 6 heteroatoms. The van der Waals surface area contributed by atoms with Crippen LogP contribution < -0.4 is 15.0 Å².